The highest BCUT2D eigenvalue weighted by atomic mass is 16.5. The van der Waals surface area contributed by atoms with Crippen LogP contribution < -0.4 is 15.4 Å². The van der Waals surface area contributed by atoms with Gasteiger partial charge in [0.05, 0.1) is 7.11 Å². The van der Waals surface area contributed by atoms with E-state index in [9.17, 15) is 4.79 Å². The molecule has 1 atom stereocenters. The molecule has 20 heavy (non-hydrogen) atoms. The number of amides is 1. The van der Waals surface area contributed by atoms with Gasteiger partial charge in [-0.3, -0.25) is 15.1 Å². The highest BCUT2D eigenvalue weighted by Gasteiger charge is 2.44. The summed E-state index contributed by atoms with van der Waals surface area (Å²) in [5.74, 6) is 1.11. The molecule has 0 saturated carbocycles. The van der Waals surface area contributed by atoms with Crippen molar-refractivity contribution in [1.82, 2.24) is 10.6 Å². The Morgan fingerprint density at radius 1 is 1.40 bits per heavy atom. The van der Waals surface area contributed by atoms with Crippen molar-refractivity contribution in [3.8, 4) is 5.75 Å². The Labute approximate surface area is 119 Å². The lowest BCUT2D eigenvalue weighted by atomic mass is 9.90. The molecule has 0 aliphatic carbocycles. The SMILES string of the molecule is CCCN=C1NC(=O)C(C)(c2cc(C)ccc2OC)N1. The summed E-state index contributed by atoms with van der Waals surface area (Å²) in [6, 6.07) is 5.81. The Morgan fingerprint density at radius 3 is 2.80 bits per heavy atom. The van der Waals surface area contributed by atoms with Gasteiger partial charge in [0.25, 0.3) is 5.91 Å². The van der Waals surface area contributed by atoms with Crippen LogP contribution in [0.15, 0.2) is 23.2 Å². The number of aryl methyl sites for hydroxylation is 1. The fraction of sp³-hybridized carbons (Fsp3) is 0.467. The van der Waals surface area contributed by atoms with Crippen molar-refractivity contribution in [1.29, 1.82) is 0 Å². The number of hydrogen-bond donors (Lipinski definition) is 2. The predicted molar refractivity (Wildman–Crippen MR) is 79.0 cm³/mol. The van der Waals surface area contributed by atoms with Crippen molar-refractivity contribution < 1.29 is 9.53 Å². The summed E-state index contributed by atoms with van der Waals surface area (Å²) in [6.07, 6.45) is 0.936. The minimum atomic E-state index is -0.857. The molecule has 0 spiro atoms. The van der Waals surface area contributed by atoms with Crippen LogP contribution in [-0.2, 0) is 10.3 Å². The molecule has 0 radical (unpaired) electrons. The van der Waals surface area contributed by atoms with E-state index in [1.165, 1.54) is 0 Å². The average Bonchev–Trinajstić information content (AvgIpc) is 2.73. The Balaban J connectivity index is 2.41. The highest BCUT2D eigenvalue weighted by molar-refractivity contribution is 6.09. The first-order chi connectivity index (χ1) is 9.51. The number of carbonyl (C=O) groups is 1. The van der Waals surface area contributed by atoms with Crippen LogP contribution in [0, 0.1) is 6.92 Å². The fourth-order valence-electron chi connectivity index (χ4n) is 2.26. The summed E-state index contributed by atoms with van der Waals surface area (Å²) in [5.41, 5.74) is 1.04. The van der Waals surface area contributed by atoms with E-state index in [-0.39, 0.29) is 5.91 Å². The van der Waals surface area contributed by atoms with Gasteiger partial charge < -0.3 is 10.1 Å². The summed E-state index contributed by atoms with van der Waals surface area (Å²) >= 11 is 0. The molecule has 1 aliphatic rings. The third-order valence-electron chi connectivity index (χ3n) is 3.44. The van der Waals surface area contributed by atoms with Crippen LogP contribution in [0.2, 0.25) is 0 Å². The lowest BCUT2D eigenvalue weighted by Gasteiger charge is -2.24. The zero-order valence-electron chi connectivity index (χ0n) is 12.4. The number of hydrogen-bond acceptors (Lipinski definition) is 3. The van der Waals surface area contributed by atoms with Gasteiger partial charge in [0.2, 0.25) is 0 Å². The van der Waals surface area contributed by atoms with E-state index < -0.39 is 5.54 Å². The van der Waals surface area contributed by atoms with E-state index in [1.54, 1.807) is 7.11 Å². The van der Waals surface area contributed by atoms with Gasteiger partial charge in [-0.25, -0.2) is 0 Å². The van der Waals surface area contributed by atoms with E-state index in [0.717, 1.165) is 17.5 Å². The molecule has 1 amide bonds. The summed E-state index contributed by atoms with van der Waals surface area (Å²) in [7, 11) is 1.61. The largest absolute Gasteiger partial charge is 0.496 e. The lowest BCUT2D eigenvalue weighted by Crippen LogP contribution is -2.41. The predicted octanol–water partition coefficient (Wildman–Crippen LogP) is 1.70. The number of nitrogens with one attached hydrogen (secondary N) is 2. The lowest BCUT2D eigenvalue weighted by molar-refractivity contribution is -0.123. The molecule has 2 N–H and O–H groups in total. The topological polar surface area (TPSA) is 62.7 Å². The first-order valence-electron chi connectivity index (χ1n) is 6.80. The number of guanidine groups is 1. The molecule has 1 fully saturated rings. The molecule has 0 bridgehead atoms. The van der Waals surface area contributed by atoms with E-state index >= 15 is 0 Å². The molecule has 1 aromatic rings. The van der Waals surface area contributed by atoms with Crippen molar-refractivity contribution in [2.24, 2.45) is 4.99 Å². The molecular weight excluding hydrogens is 254 g/mol. The van der Waals surface area contributed by atoms with Crippen molar-refractivity contribution in [3.05, 3.63) is 29.3 Å². The van der Waals surface area contributed by atoms with Crippen LogP contribution in [-0.4, -0.2) is 25.5 Å². The van der Waals surface area contributed by atoms with Crippen molar-refractivity contribution >= 4 is 11.9 Å². The summed E-state index contributed by atoms with van der Waals surface area (Å²) < 4.78 is 5.38. The van der Waals surface area contributed by atoms with Gasteiger partial charge in [-0.05, 0) is 32.4 Å². The Kier molecular flexibility index (Phi) is 3.97. The summed E-state index contributed by atoms with van der Waals surface area (Å²) in [4.78, 5) is 16.7. The highest BCUT2D eigenvalue weighted by Crippen LogP contribution is 2.32. The van der Waals surface area contributed by atoms with E-state index in [4.69, 9.17) is 4.74 Å². The number of carbonyl (C=O) groups excluding carboxylic acids is 1. The molecule has 108 valence electrons. The molecular formula is C15H21N3O2. The Bertz CT molecular complexity index is 554. The maximum absolute atomic E-state index is 12.3. The minimum Gasteiger partial charge on any atom is -0.496 e. The van der Waals surface area contributed by atoms with E-state index in [0.29, 0.717) is 18.3 Å². The van der Waals surface area contributed by atoms with Gasteiger partial charge in [0, 0.05) is 12.1 Å². The van der Waals surface area contributed by atoms with Crippen molar-refractivity contribution in [2.45, 2.75) is 32.7 Å². The van der Waals surface area contributed by atoms with Crippen molar-refractivity contribution in [3.63, 3.8) is 0 Å². The molecule has 5 heteroatoms. The van der Waals surface area contributed by atoms with Crippen LogP contribution in [0.3, 0.4) is 0 Å². The van der Waals surface area contributed by atoms with Crippen LogP contribution >= 0.6 is 0 Å². The quantitative estimate of drug-likeness (QED) is 0.879. The second-order valence-corrected chi connectivity index (χ2v) is 5.14. The zero-order chi connectivity index (χ0) is 14.8. The number of methoxy groups -OCH3 is 1. The maximum Gasteiger partial charge on any atom is 0.256 e. The maximum atomic E-state index is 12.3. The Morgan fingerprint density at radius 2 is 2.15 bits per heavy atom. The van der Waals surface area contributed by atoms with Crippen LogP contribution in [0.5, 0.6) is 5.75 Å². The fourth-order valence-corrected chi connectivity index (χ4v) is 2.26. The normalized spacial score (nSPS) is 23.6. The van der Waals surface area contributed by atoms with Gasteiger partial charge in [-0.2, -0.15) is 0 Å². The number of ether oxygens (including phenoxy) is 1. The molecule has 1 aliphatic heterocycles. The molecule has 1 heterocycles. The monoisotopic (exact) mass is 275 g/mol. The third kappa shape index (κ3) is 2.48. The first kappa shape index (κ1) is 14.4. The molecule has 0 aromatic heterocycles. The minimum absolute atomic E-state index is 0.115. The number of rotatable bonds is 4. The number of benzene rings is 1. The van der Waals surface area contributed by atoms with Crippen LogP contribution in [0.25, 0.3) is 0 Å². The first-order valence-corrected chi connectivity index (χ1v) is 6.80. The smallest absolute Gasteiger partial charge is 0.256 e. The van der Waals surface area contributed by atoms with Gasteiger partial charge >= 0.3 is 0 Å². The van der Waals surface area contributed by atoms with E-state index in [1.807, 2.05) is 39.0 Å². The van der Waals surface area contributed by atoms with Gasteiger partial charge in [-0.1, -0.05) is 18.6 Å². The second kappa shape index (κ2) is 5.53. The summed E-state index contributed by atoms with van der Waals surface area (Å²) in [5, 5.41) is 5.97. The summed E-state index contributed by atoms with van der Waals surface area (Å²) in [6.45, 7) is 6.56. The Hall–Kier alpha value is -2.04. The second-order valence-electron chi connectivity index (χ2n) is 5.14. The molecule has 1 unspecified atom stereocenters. The van der Waals surface area contributed by atoms with Crippen molar-refractivity contribution in [2.75, 3.05) is 13.7 Å². The van der Waals surface area contributed by atoms with Gasteiger partial charge in [0.1, 0.15) is 11.3 Å². The molecule has 2 rings (SSSR count). The average molecular weight is 275 g/mol. The van der Waals surface area contributed by atoms with Gasteiger partial charge in [-0.15, -0.1) is 0 Å². The third-order valence-corrected chi connectivity index (χ3v) is 3.44. The molecule has 1 aromatic carbocycles. The molecule has 5 nitrogen and oxygen atoms in total. The van der Waals surface area contributed by atoms with Crippen LogP contribution in [0.4, 0.5) is 0 Å². The zero-order valence-corrected chi connectivity index (χ0v) is 12.4. The molecule has 1 saturated heterocycles. The van der Waals surface area contributed by atoms with Crippen LogP contribution in [0.1, 0.15) is 31.4 Å². The number of nitrogens with zero attached hydrogens (tertiary/aromatic N) is 1. The van der Waals surface area contributed by atoms with Gasteiger partial charge in [0.15, 0.2) is 5.96 Å². The standard InChI is InChI=1S/C15H21N3O2/c1-5-8-16-14-17-13(19)15(3,18-14)11-9-10(2)6-7-12(11)20-4/h6-7,9H,5,8H2,1-4H3,(H2,16,17,18,19). The number of aliphatic imine (C=N–C) groups is 1. The van der Waals surface area contributed by atoms with E-state index in [2.05, 4.69) is 15.6 Å².